The van der Waals surface area contributed by atoms with Crippen LogP contribution < -0.4 is 0 Å². The van der Waals surface area contributed by atoms with E-state index in [9.17, 15) is 9.90 Å². The second kappa shape index (κ2) is 4.83. The van der Waals surface area contributed by atoms with Crippen LogP contribution in [0.2, 0.25) is 0 Å². The lowest BCUT2D eigenvalue weighted by atomic mass is 9.50. The van der Waals surface area contributed by atoms with Crippen LogP contribution in [0.5, 0.6) is 0 Å². The highest BCUT2D eigenvalue weighted by Gasteiger charge is 2.62. The van der Waals surface area contributed by atoms with Crippen molar-refractivity contribution in [2.45, 2.75) is 18.8 Å². The van der Waals surface area contributed by atoms with Gasteiger partial charge in [0, 0.05) is 12.3 Å². The Morgan fingerprint density at radius 1 is 1.00 bits per heavy atom. The number of allylic oxidation sites excluding steroid dienone is 4. The molecule has 2 fully saturated rings. The topological polar surface area (TPSA) is 37.3 Å². The molecule has 4 aliphatic rings. The summed E-state index contributed by atoms with van der Waals surface area (Å²) in [6.45, 7) is 0. The van der Waals surface area contributed by atoms with Crippen molar-refractivity contribution in [3.8, 4) is 0 Å². The lowest BCUT2D eigenvalue weighted by Gasteiger charge is -2.54. The highest BCUT2D eigenvalue weighted by atomic mass is 16.4. The van der Waals surface area contributed by atoms with E-state index in [1.807, 2.05) is 0 Å². The summed E-state index contributed by atoms with van der Waals surface area (Å²) < 4.78 is 0. The number of hydrogen-bond donors (Lipinski definition) is 1. The second-order valence-electron chi connectivity index (χ2n) is 7.84. The number of carboxylic acids is 1. The molecule has 0 aromatic heterocycles. The number of hydrogen-bond acceptors (Lipinski definition) is 1. The van der Waals surface area contributed by atoms with Crippen LogP contribution in [-0.2, 0) is 4.79 Å². The van der Waals surface area contributed by atoms with E-state index in [4.69, 9.17) is 0 Å². The Kier molecular flexibility index (Phi) is 2.86. The zero-order valence-corrected chi connectivity index (χ0v) is 13.1. The molecule has 23 heavy (non-hydrogen) atoms. The van der Waals surface area contributed by atoms with E-state index in [2.05, 4.69) is 54.6 Å². The van der Waals surface area contributed by atoms with Crippen LogP contribution in [-0.4, -0.2) is 11.1 Å². The fraction of sp³-hybridized carbons (Fsp3) is 0.476. The van der Waals surface area contributed by atoms with E-state index < -0.39 is 5.97 Å². The zero-order chi connectivity index (χ0) is 15.6. The molecule has 4 aliphatic carbocycles. The summed E-state index contributed by atoms with van der Waals surface area (Å²) in [5.74, 6) is 4.13. The molecule has 0 bridgehead atoms. The predicted molar refractivity (Wildman–Crippen MR) is 88.8 cm³/mol. The van der Waals surface area contributed by atoms with E-state index in [1.165, 1.54) is 12.0 Å². The molecule has 118 valence electrons. The van der Waals surface area contributed by atoms with E-state index >= 15 is 0 Å². The quantitative estimate of drug-likeness (QED) is 0.853. The second-order valence-corrected chi connectivity index (χ2v) is 7.84. The zero-order valence-electron chi connectivity index (χ0n) is 13.1. The number of benzene rings is 1. The summed E-state index contributed by atoms with van der Waals surface area (Å²) in [6, 6.07) is 10.8. The Labute approximate surface area is 136 Å². The van der Waals surface area contributed by atoms with Crippen molar-refractivity contribution >= 4 is 5.97 Å². The Morgan fingerprint density at radius 2 is 1.78 bits per heavy atom. The summed E-state index contributed by atoms with van der Waals surface area (Å²) in [4.78, 5) is 11.2. The smallest absolute Gasteiger partial charge is 0.303 e. The molecule has 0 saturated heterocycles. The Balaban J connectivity index is 1.50. The van der Waals surface area contributed by atoms with Crippen LogP contribution in [0.1, 0.15) is 24.3 Å². The number of rotatable bonds is 3. The van der Waals surface area contributed by atoms with Crippen molar-refractivity contribution in [1.82, 2.24) is 0 Å². The molecule has 8 unspecified atom stereocenters. The molecule has 0 heterocycles. The molecule has 2 nitrogen and oxygen atoms in total. The lowest BCUT2D eigenvalue weighted by Crippen LogP contribution is -2.50. The van der Waals surface area contributed by atoms with Gasteiger partial charge < -0.3 is 5.11 Å². The number of aliphatic carboxylic acids is 1. The first-order chi connectivity index (χ1) is 11.2. The first-order valence-electron chi connectivity index (χ1n) is 8.87. The maximum absolute atomic E-state index is 11.2. The minimum Gasteiger partial charge on any atom is -0.481 e. The Hall–Kier alpha value is -1.83. The first-order valence-corrected chi connectivity index (χ1v) is 8.87. The van der Waals surface area contributed by atoms with Gasteiger partial charge in [-0.1, -0.05) is 54.6 Å². The van der Waals surface area contributed by atoms with Gasteiger partial charge in [-0.05, 0) is 53.4 Å². The SMILES string of the molecule is O=C(O)CC1C2C=CC3C(c4ccccc4)C=CC4CC1C2C43. The van der Waals surface area contributed by atoms with Gasteiger partial charge in [-0.3, -0.25) is 4.79 Å². The summed E-state index contributed by atoms with van der Waals surface area (Å²) in [6.07, 6.45) is 11.2. The molecular weight excluding hydrogens is 284 g/mol. The van der Waals surface area contributed by atoms with Gasteiger partial charge >= 0.3 is 5.97 Å². The molecule has 0 amide bonds. The average molecular weight is 306 g/mol. The number of carbonyl (C=O) groups is 1. The maximum atomic E-state index is 11.2. The number of carboxylic acid groups (broad SMARTS) is 1. The van der Waals surface area contributed by atoms with Crippen LogP contribution in [0.3, 0.4) is 0 Å². The van der Waals surface area contributed by atoms with Crippen molar-refractivity contribution in [2.24, 2.45) is 41.4 Å². The molecule has 0 radical (unpaired) electrons. The van der Waals surface area contributed by atoms with Crippen LogP contribution in [0.4, 0.5) is 0 Å². The lowest BCUT2D eigenvalue weighted by molar-refractivity contribution is -0.142. The van der Waals surface area contributed by atoms with Crippen molar-refractivity contribution in [3.05, 3.63) is 60.2 Å². The normalized spacial score (nSPS) is 45.4. The van der Waals surface area contributed by atoms with Crippen LogP contribution in [0.15, 0.2) is 54.6 Å². The summed E-state index contributed by atoms with van der Waals surface area (Å²) in [5.41, 5.74) is 1.42. The summed E-state index contributed by atoms with van der Waals surface area (Å²) in [5, 5.41) is 9.21. The van der Waals surface area contributed by atoms with Gasteiger partial charge in [0.2, 0.25) is 0 Å². The van der Waals surface area contributed by atoms with Crippen molar-refractivity contribution < 1.29 is 9.90 Å². The van der Waals surface area contributed by atoms with Gasteiger partial charge in [0.15, 0.2) is 0 Å². The van der Waals surface area contributed by atoms with Gasteiger partial charge in [-0.2, -0.15) is 0 Å². The highest BCUT2D eigenvalue weighted by molar-refractivity contribution is 5.67. The molecule has 2 saturated carbocycles. The van der Waals surface area contributed by atoms with Gasteiger partial charge in [0.05, 0.1) is 0 Å². The van der Waals surface area contributed by atoms with E-state index in [0.29, 0.717) is 41.9 Å². The Morgan fingerprint density at radius 3 is 2.57 bits per heavy atom. The maximum Gasteiger partial charge on any atom is 0.303 e. The third-order valence-corrected chi connectivity index (χ3v) is 7.04. The van der Waals surface area contributed by atoms with Crippen LogP contribution >= 0.6 is 0 Å². The Bertz CT molecular complexity index is 689. The fourth-order valence-electron chi connectivity index (χ4n) is 6.28. The highest BCUT2D eigenvalue weighted by Crippen LogP contribution is 2.67. The van der Waals surface area contributed by atoms with Gasteiger partial charge in [0.1, 0.15) is 0 Å². The van der Waals surface area contributed by atoms with E-state index in [0.717, 1.165) is 11.8 Å². The molecular formula is C21H22O2. The fourth-order valence-corrected chi connectivity index (χ4v) is 6.28. The van der Waals surface area contributed by atoms with E-state index in [-0.39, 0.29) is 0 Å². The molecule has 0 spiro atoms. The molecule has 1 aromatic carbocycles. The standard InChI is InChI=1S/C21H22O2/c22-19(23)11-17-16-9-8-15-14(12-4-2-1-3-5-12)7-6-13-10-18(17)21(16)20(13)15/h1-9,13-18,20-21H,10-11H2,(H,22,23). The van der Waals surface area contributed by atoms with Crippen molar-refractivity contribution in [3.63, 3.8) is 0 Å². The van der Waals surface area contributed by atoms with Crippen LogP contribution in [0.25, 0.3) is 0 Å². The van der Waals surface area contributed by atoms with E-state index in [1.54, 1.807) is 0 Å². The molecule has 1 N–H and O–H groups in total. The molecule has 2 heteroatoms. The van der Waals surface area contributed by atoms with Gasteiger partial charge in [-0.15, -0.1) is 0 Å². The van der Waals surface area contributed by atoms with Gasteiger partial charge in [0.25, 0.3) is 0 Å². The predicted octanol–water partition coefficient (Wildman–Crippen LogP) is 4.12. The monoisotopic (exact) mass is 306 g/mol. The third kappa shape index (κ3) is 1.84. The molecule has 0 aliphatic heterocycles. The average Bonchev–Trinajstić information content (AvgIpc) is 2.92. The minimum absolute atomic E-state index is 0.353. The first kappa shape index (κ1) is 13.6. The summed E-state index contributed by atoms with van der Waals surface area (Å²) in [7, 11) is 0. The molecule has 5 rings (SSSR count). The van der Waals surface area contributed by atoms with Crippen LogP contribution in [0, 0.1) is 41.4 Å². The minimum atomic E-state index is -0.628. The summed E-state index contributed by atoms with van der Waals surface area (Å²) >= 11 is 0. The largest absolute Gasteiger partial charge is 0.481 e. The van der Waals surface area contributed by atoms with Gasteiger partial charge in [-0.25, -0.2) is 0 Å². The van der Waals surface area contributed by atoms with Crippen molar-refractivity contribution in [2.75, 3.05) is 0 Å². The molecule has 1 aromatic rings. The third-order valence-electron chi connectivity index (χ3n) is 7.04. The van der Waals surface area contributed by atoms with Crippen molar-refractivity contribution in [1.29, 1.82) is 0 Å². The molecule has 8 atom stereocenters.